The summed E-state index contributed by atoms with van der Waals surface area (Å²) in [5.41, 5.74) is 1.84. The second-order valence-corrected chi connectivity index (χ2v) is 12.8. The molecule has 0 bridgehead atoms. The first-order chi connectivity index (χ1) is 17.8. The Kier molecular flexibility index (Phi) is 12.2. The highest BCUT2D eigenvalue weighted by Gasteiger charge is 2.29. The van der Waals surface area contributed by atoms with Crippen molar-refractivity contribution >= 4 is 62.3 Å². The highest BCUT2D eigenvalue weighted by atomic mass is 35.5. The third-order valence-corrected chi connectivity index (χ3v) is 8.40. The summed E-state index contributed by atoms with van der Waals surface area (Å²) in [7, 11) is -3.62. The van der Waals surface area contributed by atoms with Crippen LogP contribution in [-0.4, -0.2) is 50.5 Å². The third-order valence-electron chi connectivity index (χ3n) is 6.07. The van der Waals surface area contributed by atoms with Gasteiger partial charge in [-0.1, -0.05) is 67.7 Å². The fourth-order valence-corrected chi connectivity index (χ4v) is 5.53. The molecule has 0 radical (unpaired) electrons. The number of amides is 2. The van der Waals surface area contributed by atoms with Crippen molar-refractivity contribution in [3.05, 3.63) is 62.6 Å². The van der Waals surface area contributed by atoms with Crippen molar-refractivity contribution < 1.29 is 18.0 Å². The van der Waals surface area contributed by atoms with Gasteiger partial charge >= 0.3 is 0 Å². The van der Waals surface area contributed by atoms with Crippen LogP contribution in [0.1, 0.15) is 51.2 Å². The summed E-state index contributed by atoms with van der Waals surface area (Å²) in [5.74, 6) is -0.242. The molecule has 2 rings (SSSR count). The van der Waals surface area contributed by atoms with Crippen LogP contribution >= 0.6 is 34.8 Å². The van der Waals surface area contributed by atoms with E-state index in [-0.39, 0.29) is 43.7 Å². The maximum atomic E-state index is 13.5. The van der Waals surface area contributed by atoms with Gasteiger partial charge in [-0.25, -0.2) is 8.42 Å². The Hall–Kier alpha value is -2.00. The van der Waals surface area contributed by atoms with E-state index in [1.54, 1.807) is 43.3 Å². The van der Waals surface area contributed by atoms with E-state index in [0.717, 1.165) is 11.8 Å². The summed E-state index contributed by atoms with van der Waals surface area (Å²) in [5, 5.41) is 4.13. The lowest BCUT2D eigenvalue weighted by Crippen LogP contribution is -2.49. The van der Waals surface area contributed by atoms with Crippen LogP contribution in [0.25, 0.3) is 0 Å². The lowest BCUT2D eigenvalue weighted by atomic mass is 10.1. The number of rotatable bonds is 13. The standard InChI is InChI=1S/C27H36Cl3N3O4S/c1-6-24(27(35)31-16-18(2)3)32(17-20-12-13-22(29)23(30)15-20)26(34)11-8-14-33(38(5,36)37)25-10-7-9-21(28)19(25)4/h7,9-10,12-13,15,18,24H,6,8,11,14,16-17H2,1-5H3,(H,31,35). The van der Waals surface area contributed by atoms with Crippen LogP contribution in [0.3, 0.4) is 0 Å². The topological polar surface area (TPSA) is 86.8 Å². The summed E-state index contributed by atoms with van der Waals surface area (Å²) < 4.78 is 26.4. The molecule has 2 amide bonds. The van der Waals surface area contributed by atoms with Gasteiger partial charge in [-0.2, -0.15) is 0 Å². The maximum absolute atomic E-state index is 13.5. The van der Waals surface area contributed by atoms with Crippen molar-refractivity contribution in [3.63, 3.8) is 0 Å². The van der Waals surface area contributed by atoms with Crippen molar-refractivity contribution in [3.8, 4) is 0 Å². The maximum Gasteiger partial charge on any atom is 0.242 e. The number of hydrogen-bond donors (Lipinski definition) is 1. The van der Waals surface area contributed by atoms with Crippen molar-refractivity contribution in [2.75, 3.05) is 23.7 Å². The summed E-state index contributed by atoms with van der Waals surface area (Å²) in [6.45, 7) is 8.33. The molecule has 0 aliphatic rings. The Morgan fingerprint density at radius 1 is 1.03 bits per heavy atom. The van der Waals surface area contributed by atoms with E-state index in [0.29, 0.717) is 39.3 Å². The van der Waals surface area contributed by atoms with Crippen LogP contribution < -0.4 is 9.62 Å². The molecule has 1 unspecified atom stereocenters. The second kappa shape index (κ2) is 14.4. The third kappa shape index (κ3) is 9.04. The lowest BCUT2D eigenvalue weighted by molar-refractivity contribution is -0.141. The Balaban J connectivity index is 2.27. The molecule has 2 aromatic carbocycles. The number of hydrogen-bond acceptors (Lipinski definition) is 4. The molecule has 1 atom stereocenters. The van der Waals surface area contributed by atoms with E-state index in [4.69, 9.17) is 34.8 Å². The van der Waals surface area contributed by atoms with Gasteiger partial charge in [0, 0.05) is 31.1 Å². The van der Waals surface area contributed by atoms with Gasteiger partial charge in [-0.05, 0) is 61.1 Å². The number of nitrogens with zero attached hydrogens (tertiary/aromatic N) is 2. The predicted molar refractivity (Wildman–Crippen MR) is 157 cm³/mol. The monoisotopic (exact) mass is 603 g/mol. The van der Waals surface area contributed by atoms with Gasteiger partial charge in [0.05, 0.1) is 22.0 Å². The number of carbonyl (C=O) groups excluding carboxylic acids is 2. The van der Waals surface area contributed by atoms with E-state index < -0.39 is 16.1 Å². The highest BCUT2D eigenvalue weighted by Crippen LogP contribution is 2.29. The predicted octanol–water partition coefficient (Wildman–Crippen LogP) is 6.08. The average molecular weight is 605 g/mol. The van der Waals surface area contributed by atoms with Crippen LogP contribution in [0.5, 0.6) is 0 Å². The van der Waals surface area contributed by atoms with Crippen molar-refractivity contribution in [2.24, 2.45) is 5.92 Å². The molecule has 0 saturated carbocycles. The van der Waals surface area contributed by atoms with Gasteiger partial charge in [0.15, 0.2) is 0 Å². The molecule has 1 N–H and O–H groups in total. The lowest BCUT2D eigenvalue weighted by Gasteiger charge is -2.31. The molecule has 210 valence electrons. The fourth-order valence-electron chi connectivity index (χ4n) is 4.03. The summed E-state index contributed by atoms with van der Waals surface area (Å²) in [6.07, 6.45) is 1.83. The molecule has 11 heteroatoms. The SMILES string of the molecule is CCC(C(=O)NCC(C)C)N(Cc1ccc(Cl)c(Cl)c1)C(=O)CCCN(c1cccc(Cl)c1C)S(C)(=O)=O. The van der Waals surface area contributed by atoms with E-state index in [2.05, 4.69) is 5.32 Å². The molecule has 38 heavy (non-hydrogen) atoms. The van der Waals surface area contributed by atoms with E-state index >= 15 is 0 Å². The van der Waals surface area contributed by atoms with Crippen LogP contribution in [0.4, 0.5) is 5.69 Å². The number of benzene rings is 2. The number of anilines is 1. The summed E-state index contributed by atoms with van der Waals surface area (Å²) >= 11 is 18.5. The fraction of sp³-hybridized carbons (Fsp3) is 0.481. The van der Waals surface area contributed by atoms with E-state index in [1.807, 2.05) is 20.8 Å². The Labute approximate surface area is 241 Å². The van der Waals surface area contributed by atoms with Crippen LogP contribution in [0.2, 0.25) is 15.1 Å². The average Bonchev–Trinajstić information content (AvgIpc) is 2.83. The van der Waals surface area contributed by atoms with Crippen LogP contribution in [0, 0.1) is 12.8 Å². The Morgan fingerprint density at radius 2 is 1.71 bits per heavy atom. The molecule has 0 saturated heterocycles. The van der Waals surface area contributed by atoms with Crippen molar-refractivity contribution in [2.45, 2.75) is 59.5 Å². The second-order valence-electron chi connectivity index (χ2n) is 9.66. The van der Waals surface area contributed by atoms with E-state index in [1.165, 1.54) is 9.21 Å². The van der Waals surface area contributed by atoms with Crippen molar-refractivity contribution in [1.82, 2.24) is 10.2 Å². The molecule has 2 aromatic rings. The molecule has 7 nitrogen and oxygen atoms in total. The van der Waals surface area contributed by atoms with E-state index in [9.17, 15) is 18.0 Å². The van der Waals surface area contributed by atoms with Gasteiger partial charge in [0.1, 0.15) is 6.04 Å². The van der Waals surface area contributed by atoms with Gasteiger partial charge in [0.2, 0.25) is 21.8 Å². The van der Waals surface area contributed by atoms with Gasteiger partial charge in [-0.15, -0.1) is 0 Å². The first-order valence-electron chi connectivity index (χ1n) is 12.5. The molecule has 0 fully saturated rings. The molecule has 0 aliphatic heterocycles. The zero-order valence-corrected chi connectivity index (χ0v) is 25.5. The highest BCUT2D eigenvalue weighted by molar-refractivity contribution is 7.92. The normalized spacial score (nSPS) is 12.3. The minimum absolute atomic E-state index is 0.0426. The molecular formula is C27H36Cl3N3O4S. The molecule has 0 heterocycles. The first-order valence-corrected chi connectivity index (χ1v) is 15.5. The Bertz CT molecular complexity index is 1240. The molecule has 0 spiro atoms. The Morgan fingerprint density at radius 3 is 2.29 bits per heavy atom. The first kappa shape index (κ1) is 32.2. The minimum atomic E-state index is -3.62. The number of nitrogens with one attached hydrogen (secondary N) is 1. The van der Waals surface area contributed by atoms with Crippen molar-refractivity contribution in [1.29, 1.82) is 0 Å². The number of sulfonamides is 1. The smallest absolute Gasteiger partial charge is 0.242 e. The molecule has 0 aliphatic carbocycles. The number of carbonyl (C=O) groups is 2. The number of halogens is 3. The van der Waals surface area contributed by atoms with Gasteiger partial charge in [0.25, 0.3) is 0 Å². The van der Waals surface area contributed by atoms with Gasteiger partial charge in [-0.3, -0.25) is 13.9 Å². The summed E-state index contributed by atoms with van der Waals surface area (Å²) in [4.78, 5) is 28.1. The molecular weight excluding hydrogens is 569 g/mol. The van der Waals surface area contributed by atoms with Crippen LogP contribution in [0.15, 0.2) is 36.4 Å². The molecule has 0 aromatic heterocycles. The zero-order chi connectivity index (χ0) is 28.6. The summed E-state index contributed by atoms with van der Waals surface area (Å²) in [6, 6.07) is 9.47. The largest absolute Gasteiger partial charge is 0.354 e. The minimum Gasteiger partial charge on any atom is -0.354 e. The quantitative estimate of drug-likeness (QED) is 0.300. The van der Waals surface area contributed by atoms with Gasteiger partial charge < -0.3 is 10.2 Å². The van der Waals surface area contributed by atoms with Crippen LogP contribution in [-0.2, 0) is 26.2 Å². The zero-order valence-electron chi connectivity index (χ0n) is 22.4.